The third kappa shape index (κ3) is 3.45. The van der Waals surface area contributed by atoms with Gasteiger partial charge in [-0.3, -0.25) is 0 Å². The maximum Gasteiger partial charge on any atom is 0.436 e. The molecule has 0 radical (unpaired) electrons. The summed E-state index contributed by atoms with van der Waals surface area (Å²) in [5.41, 5.74) is -28.1. The lowest BCUT2D eigenvalue weighted by Crippen LogP contribution is -2.53. The van der Waals surface area contributed by atoms with E-state index in [1.165, 1.54) is 0 Å². The first-order valence-electron chi connectivity index (χ1n) is 6.97. The second-order valence-corrected chi connectivity index (χ2v) is 5.66. The van der Waals surface area contributed by atoms with Crippen LogP contribution in [0.25, 0.3) is 0 Å². The third-order valence-electron chi connectivity index (χ3n) is 3.86. The summed E-state index contributed by atoms with van der Waals surface area (Å²) in [4.78, 5) is 0. The van der Waals surface area contributed by atoms with Gasteiger partial charge in [-0.25, -0.2) is 17.6 Å². The highest BCUT2D eigenvalue weighted by molar-refractivity contribution is 5.60. The first kappa shape index (κ1) is 27.1. The Kier molecular flexibility index (Phi) is 6.19. The molecule has 1 rings (SSSR count). The van der Waals surface area contributed by atoms with Gasteiger partial charge < -0.3 is 0 Å². The first-order chi connectivity index (χ1) is 14.0. The maximum absolute atomic E-state index is 14.2. The molecule has 0 heterocycles. The SMILES string of the molecule is N#Cc1c(C#N)c(C(F)(C(F)(F)F)C(F)(F)F)c(F)c(F)c1C(F)(C(F)(F)F)C(F)(F)F. The highest BCUT2D eigenvalue weighted by atomic mass is 19.4. The summed E-state index contributed by atoms with van der Waals surface area (Å²) < 4.78 is 211. The van der Waals surface area contributed by atoms with Crippen molar-refractivity contribution in [2.45, 2.75) is 36.0 Å². The minimum absolute atomic E-state index is 0.0221. The molecule has 0 saturated heterocycles. The number of hydrogen-bond acceptors (Lipinski definition) is 2. The molecular formula is C14F16N2. The molecule has 1 aromatic rings. The molecule has 0 atom stereocenters. The fraction of sp³-hybridized carbons (Fsp3) is 0.429. The van der Waals surface area contributed by atoms with Crippen LogP contribution in [0.3, 0.4) is 0 Å². The van der Waals surface area contributed by atoms with Crippen molar-refractivity contribution in [3.05, 3.63) is 33.9 Å². The van der Waals surface area contributed by atoms with Crippen LogP contribution >= 0.6 is 0 Å². The van der Waals surface area contributed by atoms with Crippen molar-refractivity contribution >= 4 is 0 Å². The van der Waals surface area contributed by atoms with E-state index in [1.807, 2.05) is 0 Å². The van der Waals surface area contributed by atoms with Crippen molar-refractivity contribution < 1.29 is 70.2 Å². The summed E-state index contributed by atoms with van der Waals surface area (Å²) in [5.74, 6) is -8.13. The quantitative estimate of drug-likeness (QED) is 0.449. The Labute approximate surface area is 164 Å². The van der Waals surface area contributed by atoms with Gasteiger partial charge in [-0.05, 0) is 0 Å². The smallest absolute Gasteiger partial charge is 0.218 e. The Balaban J connectivity index is 4.55. The van der Waals surface area contributed by atoms with E-state index in [0.29, 0.717) is 0 Å². The number of halogens is 16. The van der Waals surface area contributed by atoms with E-state index in [1.54, 1.807) is 0 Å². The summed E-state index contributed by atoms with van der Waals surface area (Å²) >= 11 is 0. The second kappa shape index (κ2) is 7.31. The molecule has 0 bridgehead atoms. The number of nitriles is 2. The van der Waals surface area contributed by atoms with Gasteiger partial charge in [0.15, 0.2) is 11.6 Å². The summed E-state index contributed by atoms with van der Waals surface area (Å²) in [7, 11) is 0. The van der Waals surface area contributed by atoms with E-state index < -0.39 is 69.9 Å². The molecule has 0 aliphatic heterocycles. The molecule has 0 amide bonds. The molecule has 0 aliphatic rings. The summed E-state index contributed by atoms with van der Waals surface area (Å²) in [5, 5.41) is 17.3. The lowest BCUT2D eigenvalue weighted by molar-refractivity contribution is -0.351. The van der Waals surface area contributed by atoms with Crippen LogP contribution in [-0.4, -0.2) is 24.7 Å². The van der Waals surface area contributed by atoms with Crippen molar-refractivity contribution in [3.63, 3.8) is 0 Å². The van der Waals surface area contributed by atoms with Crippen molar-refractivity contribution in [1.29, 1.82) is 10.5 Å². The Hall–Kier alpha value is -2.92. The number of benzene rings is 1. The van der Waals surface area contributed by atoms with E-state index in [2.05, 4.69) is 0 Å². The van der Waals surface area contributed by atoms with Crippen molar-refractivity contribution in [3.8, 4) is 12.1 Å². The van der Waals surface area contributed by atoms with E-state index in [4.69, 9.17) is 10.5 Å². The topological polar surface area (TPSA) is 47.6 Å². The third-order valence-corrected chi connectivity index (χ3v) is 3.86. The normalized spacial score (nSPS) is 14.2. The summed E-state index contributed by atoms with van der Waals surface area (Å²) in [6, 6.07) is -0.0442. The molecule has 0 saturated carbocycles. The Morgan fingerprint density at radius 2 is 0.625 bits per heavy atom. The monoisotopic (exact) mass is 500 g/mol. The summed E-state index contributed by atoms with van der Waals surface area (Å²) in [6.07, 6.45) is -29.4. The van der Waals surface area contributed by atoms with E-state index in [-0.39, 0.29) is 12.1 Å². The maximum atomic E-state index is 14.2. The molecule has 178 valence electrons. The molecule has 1 aromatic carbocycles. The molecule has 2 nitrogen and oxygen atoms in total. The van der Waals surface area contributed by atoms with E-state index >= 15 is 0 Å². The molecule has 0 fully saturated rings. The number of hydrogen-bond donors (Lipinski definition) is 0. The molecule has 0 N–H and O–H groups in total. The van der Waals surface area contributed by atoms with Gasteiger partial charge in [0.05, 0.1) is 22.3 Å². The fourth-order valence-electron chi connectivity index (χ4n) is 2.45. The van der Waals surface area contributed by atoms with E-state index in [9.17, 15) is 70.2 Å². The zero-order valence-corrected chi connectivity index (χ0v) is 13.9. The largest absolute Gasteiger partial charge is 0.436 e. The van der Waals surface area contributed by atoms with Crippen LogP contribution in [-0.2, 0) is 11.3 Å². The first-order valence-corrected chi connectivity index (χ1v) is 6.97. The van der Waals surface area contributed by atoms with Gasteiger partial charge >= 0.3 is 36.0 Å². The van der Waals surface area contributed by atoms with E-state index in [0.717, 1.165) is 0 Å². The minimum Gasteiger partial charge on any atom is -0.218 e. The van der Waals surface area contributed by atoms with Gasteiger partial charge in [0.2, 0.25) is 0 Å². The molecular weight excluding hydrogens is 500 g/mol. The fourth-order valence-corrected chi connectivity index (χ4v) is 2.45. The van der Waals surface area contributed by atoms with Gasteiger partial charge in [0.1, 0.15) is 12.1 Å². The average Bonchev–Trinajstić information content (AvgIpc) is 2.58. The van der Waals surface area contributed by atoms with Gasteiger partial charge in [-0.15, -0.1) is 0 Å². The number of nitrogens with zero attached hydrogens (tertiary/aromatic N) is 2. The zero-order chi connectivity index (χ0) is 25.9. The van der Waals surface area contributed by atoms with Crippen LogP contribution in [0.5, 0.6) is 0 Å². The average molecular weight is 500 g/mol. The van der Waals surface area contributed by atoms with Crippen LogP contribution in [0, 0.1) is 34.3 Å². The molecule has 0 spiro atoms. The van der Waals surface area contributed by atoms with Gasteiger partial charge in [0.25, 0.3) is 0 Å². The zero-order valence-electron chi connectivity index (χ0n) is 13.9. The summed E-state index contributed by atoms with van der Waals surface area (Å²) in [6.45, 7) is 0. The van der Waals surface area contributed by atoms with Gasteiger partial charge in [-0.1, -0.05) is 0 Å². The van der Waals surface area contributed by atoms with Gasteiger partial charge in [-0.2, -0.15) is 63.2 Å². The Bertz CT molecular complexity index is 886. The number of alkyl halides is 14. The predicted octanol–water partition coefficient (Wildman–Crippen LogP) is 6.29. The second-order valence-electron chi connectivity index (χ2n) is 5.66. The molecule has 0 aromatic heterocycles. The van der Waals surface area contributed by atoms with Crippen LogP contribution in [0.15, 0.2) is 0 Å². The minimum atomic E-state index is -7.35. The van der Waals surface area contributed by atoms with Crippen LogP contribution in [0.2, 0.25) is 0 Å². The van der Waals surface area contributed by atoms with Crippen molar-refractivity contribution in [2.75, 3.05) is 0 Å². The molecule has 32 heavy (non-hydrogen) atoms. The molecule has 0 unspecified atom stereocenters. The Morgan fingerprint density at radius 3 is 0.750 bits per heavy atom. The predicted molar refractivity (Wildman–Crippen MR) is 65.6 cm³/mol. The lowest BCUT2D eigenvalue weighted by Gasteiger charge is -2.34. The Morgan fingerprint density at radius 1 is 0.438 bits per heavy atom. The van der Waals surface area contributed by atoms with Crippen molar-refractivity contribution in [2.24, 2.45) is 0 Å². The highest BCUT2D eigenvalue weighted by Gasteiger charge is 2.78. The van der Waals surface area contributed by atoms with Crippen LogP contribution in [0.4, 0.5) is 70.2 Å². The van der Waals surface area contributed by atoms with Gasteiger partial charge in [0, 0.05) is 0 Å². The standard InChI is InChI=1S/C14F16N2/c15-7-5(9(17,11(19,20)21)12(22,23)24)3(1-31)4(2-32)6(8(7)16)10(18,13(25,26)27)14(28,29)30. The highest BCUT2D eigenvalue weighted by Crippen LogP contribution is 2.59. The number of rotatable bonds is 2. The van der Waals surface area contributed by atoms with Crippen LogP contribution in [0.1, 0.15) is 22.3 Å². The van der Waals surface area contributed by atoms with Crippen LogP contribution < -0.4 is 0 Å². The molecule has 18 heteroatoms. The molecule has 0 aliphatic carbocycles. The lowest BCUT2D eigenvalue weighted by atomic mass is 9.80. The van der Waals surface area contributed by atoms with Crippen molar-refractivity contribution in [1.82, 2.24) is 0 Å².